The highest BCUT2D eigenvalue weighted by Gasteiger charge is 2.24. The summed E-state index contributed by atoms with van der Waals surface area (Å²) >= 11 is 1.40. The Morgan fingerprint density at radius 3 is 2.86 bits per heavy atom. The Morgan fingerprint density at radius 1 is 1.27 bits per heavy atom. The number of rotatable bonds is 8. The lowest BCUT2D eigenvalue weighted by molar-refractivity contribution is 0.0986. The summed E-state index contributed by atoms with van der Waals surface area (Å²) in [4.78, 5) is 15.3. The fourth-order valence-electron chi connectivity index (χ4n) is 4.27. The molecule has 196 valence electrons. The van der Waals surface area contributed by atoms with E-state index in [1.54, 1.807) is 17.5 Å². The van der Waals surface area contributed by atoms with Crippen LogP contribution in [0.5, 0.6) is 0 Å². The third-order valence-corrected chi connectivity index (χ3v) is 7.29. The summed E-state index contributed by atoms with van der Waals surface area (Å²) < 4.78 is 16.4. The molecule has 1 atom stereocenters. The summed E-state index contributed by atoms with van der Waals surface area (Å²) in [6, 6.07) is 10.1. The molecule has 1 N–H and O–H groups in total. The van der Waals surface area contributed by atoms with Crippen molar-refractivity contribution in [1.29, 1.82) is 0 Å². The SMILES string of the molecule is CC(=NOCCO)c1cc(F)c2nnc(Sc3ccc4ncc(N5CCC(N(C)C)C5)cc4c3)n2c1.Cl. The Labute approximate surface area is 224 Å². The monoisotopic (exact) mass is 545 g/mol. The van der Waals surface area contributed by atoms with Crippen LogP contribution in [0.1, 0.15) is 18.9 Å². The summed E-state index contributed by atoms with van der Waals surface area (Å²) in [5.41, 5.74) is 3.19. The van der Waals surface area contributed by atoms with Crippen LogP contribution in [-0.2, 0) is 4.84 Å². The van der Waals surface area contributed by atoms with Gasteiger partial charge >= 0.3 is 0 Å². The molecular formula is C25H29ClFN7O2S. The maximum absolute atomic E-state index is 14.7. The second kappa shape index (κ2) is 11.6. The fourth-order valence-corrected chi connectivity index (χ4v) is 5.13. The number of hydrogen-bond acceptors (Lipinski definition) is 9. The summed E-state index contributed by atoms with van der Waals surface area (Å²) in [7, 11) is 4.25. The van der Waals surface area contributed by atoms with Crippen molar-refractivity contribution < 1.29 is 14.3 Å². The Balaban J connectivity index is 0.00000320. The molecule has 1 aliphatic heterocycles. The minimum Gasteiger partial charge on any atom is -0.393 e. The molecule has 1 aliphatic rings. The second-order valence-corrected chi connectivity index (χ2v) is 10.0. The van der Waals surface area contributed by atoms with Crippen molar-refractivity contribution in [2.24, 2.45) is 5.16 Å². The largest absolute Gasteiger partial charge is 0.393 e. The maximum atomic E-state index is 14.7. The summed E-state index contributed by atoms with van der Waals surface area (Å²) in [5.74, 6) is -0.502. The molecule has 37 heavy (non-hydrogen) atoms. The van der Waals surface area contributed by atoms with Gasteiger partial charge in [-0.1, -0.05) is 5.16 Å². The third kappa shape index (κ3) is 5.80. The molecule has 9 nitrogen and oxygen atoms in total. The Kier molecular flexibility index (Phi) is 8.48. The van der Waals surface area contributed by atoms with Crippen molar-refractivity contribution in [1.82, 2.24) is 24.5 Å². The molecule has 0 spiro atoms. The van der Waals surface area contributed by atoms with E-state index in [0.29, 0.717) is 22.5 Å². The van der Waals surface area contributed by atoms with Crippen LogP contribution in [-0.4, -0.2) is 81.7 Å². The zero-order valence-electron chi connectivity index (χ0n) is 20.8. The first kappa shape index (κ1) is 27.1. The average molecular weight is 546 g/mol. The predicted molar refractivity (Wildman–Crippen MR) is 146 cm³/mol. The molecule has 0 aliphatic carbocycles. The van der Waals surface area contributed by atoms with Crippen LogP contribution >= 0.6 is 24.2 Å². The smallest absolute Gasteiger partial charge is 0.200 e. The highest BCUT2D eigenvalue weighted by Crippen LogP contribution is 2.31. The van der Waals surface area contributed by atoms with E-state index in [9.17, 15) is 4.39 Å². The van der Waals surface area contributed by atoms with Gasteiger partial charge in [-0.2, -0.15) is 0 Å². The molecule has 0 bridgehead atoms. The number of nitrogens with zero attached hydrogens (tertiary/aromatic N) is 7. The normalized spacial score (nSPS) is 16.1. The molecule has 1 saturated heterocycles. The molecule has 1 aromatic carbocycles. The molecule has 0 amide bonds. The molecule has 0 saturated carbocycles. The van der Waals surface area contributed by atoms with Gasteiger partial charge in [-0.05, 0) is 69.5 Å². The molecule has 5 rings (SSSR count). The number of aliphatic hydroxyl groups is 1. The first-order valence-corrected chi connectivity index (χ1v) is 12.6. The van der Waals surface area contributed by atoms with E-state index < -0.39 is 5.82 Å². The number of hydrogen-bond donors (Lipinski definition) is 1. The molecule has 12 heteroatoms. The second-order valence-electron chi connectivity index (χ2n) is 8.99. The quantitative estimate of drug-likeness (QED) is 0.203. The van der Waals surface area contributed by atoms with E-state index >= 15 is 0 Å². The van der Waals surface area contributed by atoms with E-state index in [4.69, 9.17) is 9.94 Å². The lowest BCUT2D eigenvalue weighted by Gasteiger charge is -2.21. The van der Waals surface area contributed by atoms with Crippen molar-refractivity contribution in [3.8, 4) is 0 Å². The van der Waals surface area contributed by atoms with E-state index in [-0.39, 0.29) is 31.3 Å². The first-order valence-electron chi connectivity index (χ1n) is 11.7. The van der Waals surface area contributed by atoms with Crippen LogP contribution in [0, 0.1) is 5.82 Å². The van der Waals surface area contributed by atoms with Gasteiger partial charge in [0.2, 0.25) is 5.16 Å². The van der Waals surface area contributed by atoms with Crippen LogP contribution in [0.25, 0.3) is 16.6 Å². The lowest BCUT2D eigenvalue weighted by Crippen LogP contribution is -2.31. The predicted octanol–water partition coefficient (Wildman–Crippen LogP) is 3.86. The number of benzene rings is 1. The minimum absolute atomic E-state index is 0. The number of aromatic nitrogens is 4. The van der Waals surface area contributed by atoms with Gasteiger partial charge in [0.25, 0.3) is 0 Å². The fraction of sp³-hybridized carbons (Fsp3) is 0.360. The third-order valence-electron chi connectivity index (χ3n) is 6.34. The van der Waals surface area contributed by atoms with E-state index in [0.717, 1.165) is 41.0 Å². The van der Waals surface area contributed by atoms with Gasteiger partial charge in [0, 0.05) is 41.2 Å². The van der Waals surface area contributed by atoms with Crippen LogP contribution < -0.4 is 4.90 Å². The number of halogens is 2. The zero-order valence-corrected chi connectivity index (χ0v) is 22.5. The van der Waals surface area contributed by atoms with Crippen LogP contribution in [0.15, 0.2) is 57.9 Å². The van der Waals surface area contributed by atoms with E-state index in [1.807, 2.05) is 18.3 Å². The van der Waals surface area contributed by atoms with Gasteiger partial charge in [0.05, 0.1) is 29.7 Å². The standard InChI is InChI=1S/C25H28FN7O2S.ClH/c1-16(30-35-9-8-34)18-12-22(26)24-28-29-25(33(24)14-18)36-21-4-5-23-17(11-21)10-20(13-27-23)32-7-6-19(15-32)31(2)3;/h4-5,10-14,19,34H,6-9,15H2,1-3H3;1H. The summed E-state index contributed by atoms with van der Waals surface area (Å²) in [6.45, 7) is 3.64. The van der Waals surface area contributed by atoms with Crippen molar-refractivity contribution in [2.75, 3.05) is 45.3 Å². The van der Waals surface area contributed by atoms with Gasteiger partial charge in [0.1, 0.15) is 6.61 Å². The van der Waals surface area contributed by atoms with E-state index in [1.165, 1.54) is 17.8 Å². The molecular weight excluding hydrogens is 517 g/mol. The first-order chi connectivity index (χ1) is 17.4. The van der Waals surface area contributed by atoms with Crippen molar-refractivity contribution >= 4 is 52.1 Å². The maximum Gasteiger partial charge on any atom is 0.200 e. The van der Waals surface area contributed by atoms with Crippen LogP contribution in [0.3, 0.4) is 0 Å². The number of likely N-dealkylation sites (N-methyl/N-ethyl adjacent to an activating group) is 1. The van der Waals surface area contributed by atoms with Gasteiger partial charge in [-0.15, -0.1) is 22.6 Å². The number of aliphatic hydroxyl groups excluding tert-OH is 1. The highest BCUT2D eigenvalue weighted by molar-refractivity contribution is 7.99. The van der Waals surface area contributed by atoms with E-state index in [2.05, 4.69) is 56.4 Å². The number of fused-ring (bicyclic) bond motifs is 2. The van der Waals surface area contributed by atoms with Crippen molar-refractivity contribution in [3.05, 3.63) is 54.1 Å². The minimum atomic E-state index is -0.502. The van der Waals surface area contributed by atoms with Gasteiger partial charge in [-0.3, -0.25) is 9.38 Å². The van der Waals surface area contributed by atoms with Crippen molar-refractivity contribution in [2.45, 2.75) is 29.4 Å². The highest BCUT2D eigenvalue weighted by atomic mass is 35.5. The number of oxime groups is 1. The Bertz CT molecular complexity index is 1430. The molecule has 1 unspecified atom stereocenters. The Hall–Kier alpha value is -2.99. The summed E-state index contributed by atoms with van der Waals surface area (Å²) in [5, 5.41) is 22.6. The molecule has 0 radical (unpaired) electrons. The lowest BCUT2D eigenvalue weighted by atomic mass is 10.2. The van der Waals surface area contributed by atoms with Crippen molar-refractivity contribution in [3.63, 3.8) is 0 Å². The van der Waals surface area contributed by atoms with Crippen LogP contribution in [0.2, 0.25) is 0 Å². The Morgan fingerprint density at radius 2 is 2.11 bits per heavy atom. The number of anilines is 1. The molecule has 4 heterocycles. The average Bonchev–Trinajstić information content (AvgIpc) is 3.52. The topological polar surface area (TPSA) is 91.4 Å². The molecule has 3 aromatic heterocycles. The zero-order chi connectivity index (χ0) is 25.2. The van der Waals surface area contributed by atoms with Crippen LogP contribution in [0.4, 0.5) is 10.1 Å². The molecule has 4 aromatic rings. The number of pyridine rings is 2. The summed E-state index contributed by atoms with van der Waals surface area (Å²) in [6.07, 6.45) is 4.81. The van der Waals surface area contributed by atoms with Gasteiger partial charge in [-0.25, -0.2) is 4.39 Å². The van der Waals surface area contributed by atoms with Gasteiger partial charge in [0.15, 0.2) is 11.5 Å². The molecule has 1 fully saturated rings. The van der Waals surface area contributed by atoms with Gasteiger partial charge < -0.3 is 19.7 Å².